The number of carbonyl (C=O) groups is 2. The van der Waals surface area contributed by atoms with E-state index in [2.05, 4.69) is 16.6 Å². The number of methoxy groups -OCH3 is 1. The van der Waals surface area contributed by atoms with E-state index in [1.165, 1.54) is 12.0 Å². The molecule has 0 bridgehead atoms. The van der Waals surface area contributed by atoms with Gasteiger partial charge < -0.3 is 9.64 Å². The van der Waals surface area contributed by atoms with Gasteiger partial charge in [0.1, 0.15) is 0 Å². The molecule has 0 aliphatic rings. The summed E-state index contributed by atoms with van der Waals surface area (Å²) in [7, 11) is 4.62. The van der Waals surface area contributed by atoms with Crippen LogP contribution in [0, 0.1) is 11.8 Å². The minimum atomic E-state index is -0.602. The predicted molar refractivity (Wildman–Crippen MR) is 63.4 cm³/mol. The van der Waals surface area contributed by atoms with E-state index in [4.69, 9.17) is 0 Å². The van der Waals surface area contributed by atoms with Crippen LogP contribution in [0.4, 0.5) is 0 Å². The van der Waals surface area contributed by atoms with Crippen LogP contribution in [0.5, 0.6) is 0 Å². The van der Waals surface area contributed by atoms with Gasteiger partial charge in [0, 0.05) is 31.1 Å². The highest BCUT2D eigenvalue weighted by Crippen LogP contribution is 2.06. The molecule has 17 heavy (non-hydrogen) atoms. The second-order valence-electron chi connectivity index (χ2n) is 3.52. The molecule has 0 fully saturated rings. The lowest BCUT2D eigenvalue weighted by Gasteiger charge is -2.09. The topological polar surface area (TPSA) is 46.6 Å². The van der Waals surface area contributed by atoms with Crippen molar-refractivity contribution in [3.63, 3.8) is 0 Å². The van der Waals surface area contributed by atoms with Gasteiger partial charge in [0.05, 0.1) is 7.11 Å². The highest BCUT2D eigenvalue weighted by molar-refractivity contribution is 5.94. The fourth-order valence-corrected chi connectivity index (χ4v) is 1.16. The number of esters is 1. The average molecular weight is 231 g/mol. The third-order valence-electron chi connectivity index (χ3n) is 2.01. The monoisotopic (exact) mass is 231 g/mol. The zero-order valence-electron chi connectivity index (χ0n) is 9.98. The van der Waals surface area contributed by atoms with Gasteiger partial charge in [-0.05, 0) is 18.2 Å². The van der Waals surface area contributed by atoms with E-state index in [1.54, 1.807) is 38.4 Å². The van der Waals surface area contributed by atoms with Crippen LogP contribution in [0.15, 0.2) is 24.3 Å². The Morgan fingerprint density at radius 1 is 1.29 bits per heavy atom. The first-order valence-electron chi connectivity index (χ1n) is 4.96. The van der Waals surface area contributed by atoms with Crippen LogP contribution in [-0.4, -0.2) is 38.0 Å². The summed E-state index contributed by atoms with van der Waals surface area (Å²) in [5.41, 5.74) is 1.13. The van der Waals surface area contributed by atoms with Gasteiger partial charge in [0.15, 0.2) is 0 Å². The summed E-state index contributed by atoms with van der Waals surface area (Å²) in [5.74, 6) is 4.23. The third-order valence-corrected chi connectivity index (χ3v) is 2.01. The summed E-state index contributed by atoms with van der Waals surface area (Å²) in [6, 6.07) is 6.78. The number of amides is 1. The molecule has 1 rings (SSSR count). The number of ether oxygens (including phenoxy) is 1. The first kappa shape index (κ1) is 12.8. The first-order valence-corrected chi connectivity index (χ1v) is 4.96. The summed E-state index contributed by atoms with van der Waals surface area (Å²) in [6.45, 7) is 0. The van der Waals surface area contributed by atoms with E-state index in [0.29, 0.717) is 11.1 Å². The van der Waals surface area contributed by atoms with Crippen molar-refractivity contribution in [3.8, 4) is 11.8 Å². The van der Waals surface area contributed by atoms with Crippen LogP contribution in [-0.2, 0) is 9.53 Å². The van der Waals surface area contributed by atoms with Gasteiger partial charge in [0.25, 0.3) is 5.91 Å². The van der Waals surface area contributed by atoms with E-state index < -0.39 is 5.97 Å². The lowest BCUT2D eigenvalue weighted by Crippen LogP contribution is -2.21. The van der Waals surface area contributed by atoms with Gasteiger partial charge in [-0.2, -0.15) is 0 Å². The number of nitrogens with zero attached hydrogens (tertiary/aromatic N) is 1. The zero-order valence-corrected chi connectivity index (χ0v) is 9.98. The Balaban J connectivity index is 2.96. The van der Waals surface area contributed by atoms with Crippen LogP contribution < -0.4 is 0 Å². The second-order valence-corrected chi connectivity index (χ2v) is 3.52. The smallest absolute Gasteiger partial charge is 0.384 e. The van der Waals surface area contributed by atoms with E-state index in [9.17, 15) is 9.59 Å². The number of hydrogen-bond acceptors (Lipinski definition) is 3. The molecule has 0 N–H and O–H groups in total. The molecule has 1 aromatic rings. The Morgan fingerprint density at radius 3 is 2.59 bits per heavy atom. The van der Waals surface area contributed by atoms with Crippen LogP contribution in [0.3, 0.4) is 0 Å². The number of hydrogen-bond donors (Lipinski definition) is 0. The quantitative estimate of drug-likeness (QED) is 0.533. The molecule has 0 saturated carbocycles. The lowest BCUT2D eigenvalue weighted by molar-refractivity contribution is -0.133. The lowest BCUT2D eigenvalue weighted by atomic mass is 10.1. The third kappa shape index (κ3) is 3.65. The minimum absolute atomic E-state index is 0.105. The maximum atomic E-state index is 11.7. The van der Waals surface area contributed by atoms with E-state index >= 15 is 0 Å². The summed E-state index contributed by atoms with van der Waals surface area (Å²) < 4.78 is 4.40. The minimum Gasteiger partial charge on any atom is -0.459 e. The molecule has 4 nitrogen and oxygen atoms in total. The Bertz CT molecular complexity index is 495. The molecule has 0 aliphatic heterocycles. The molecule has 0 aromatic heterocycles. The number of carbonyl (C=O) groups excluding carboxylic acids is 2. The van der Waals surface area contributed by atoms with Crippen molar-refractivity contribution in [3.05, 3.63) is 35.4 Å². The molecule has 0 atom stereocenters. The summed E-state index contributed by atoms with van der Waals surface area (Å²) >= 11 is 0. The maximum absolute atomic E-state index is 11.7. The first-order chi connectivity index (χ1) is 8.04. The fourth-order valence-electron chi connectivity index (χ4n) is 1.16. The van der Waals surface area contributed by atoms with Crippen LogP contribution in [0.1, 0.15) is 15.9 Å². The Kier molecular flexibility index (Phi) is 4.29. The predicted octanol–water partition coefficient (Wildman–Crippen LogP) is 0.913. The van der Waals surface area contributed by atoms with Gasteiger partial charge in [-0.3, -0.25) is 4.79 Å². The second kappa shape index (κ2) is 5.71. The molecular weight excluding hydrogens is 218 g/mol. The Labute approximate surface area is 100 Å². The highest BCUT2D eigenvalue weighted by atomic mass is 16.5. The summed E-state index contributed by atoms with van der Waals surface area (Å²) in [4.78, 5) is 24.0. The average Bonchev–Trinajstić information content (AvgIpc) is 2.35. The van der Waals surface area contributed by atoms with E-state index in [1.807, 2.05) is 0 Å². The molecule has 4 heteroatoms. The van der Waals surface area contributed by atoms with E-state index in [0.717, 1.165) is 0 Å². The standard InChI is InChI=1S/C13H13NO3/c1-14(2)13(16)11-6-4-5-10(9-11)7-8-12(15)17-3/h4-6,9H,1-3H3. The molecule has 0 unspecified atom stereocenters. The molecule has 0 radical (unpaired) electrons. The maximum Gasteiger partial charge on any atom is 0.384 e. The molecule has 0 aliphatic carbocycles. The van der Waals surface area contributed by atoms with Crippen LogP contribution in [0.25, 0.3) is 0 Å². The zero-order chi connectivity index (χ0) is 12.8. The van der Waals surface area contributed by atoms with Gasteiger partial charge in [0.2, 0.25) is 0 Å². The molecule has 0 saturated heterocycles. The normalized spacial score (nSPS) is 8.88. The molecule has 1 aromatic carbocycles. The summed E-state index contributed by atoms with van der Waals surface area (Å²) in [5, 5.41) is 0. The van der Waals surface area contributed by atoms with Crippen molar-refractivity contribution in [2.45, 2.75) is 0 Å². The summed E-state index contributed by atoms with van der Waals surface area (Å²) in [6.07, 6.45) is 0. The Hall–Kier alpha value is -2.28. The van der Waals surface area contributed by atoms with Crippen molar-refractivity contribution in [1.82, 2.24) is 4.90 Å². The van der Waals surface area contributed by atoms with Gasteiger partial charge in [-0.1, -0.05) is 12.0 Å². The fraction of sp³-hybridized carbons (Fsp3) is 0.231. The van der Waals surface area contributed by atoms with Gasteiger partial charge in [-0.15, -0.1) is 0 Å². The SMILES string of the molecule is COC(=O)C#Cc1cccc(C(=O)N(C)C)c1. The molecule has 1 amide bonds. The number of benzene rings is 1. The Morgan fingerprint density at radius 2 is 2.00 bits per heavy atom. The molecule has 88 valence electrons. The van der Waals surface area contributed by atoms with Crippen molar-refractivity contribution in [1.29, 1.82) is 0 Å². The highest BCUT2D eigenvalue weighted by Gasteiger charge is 2.07. The molecule has 0 spiro atoms. The van der Waals surface area contributed by atoms with Gasteiger partial charge in [-0.25, -0.2) is 4.79 Å². The molecular formula is C13H13NO3. The van der Waals surface area contributed by atoms with Gasteiger partial charge >= 0.3 is 5.97 Å². The van der Waals surface area contributed by atoms with Crippen molar-refractivity contribution in [2.75, 3.05) is 21.2 Å². The largest absolute Gasteiger partial charge is 0.459 e. The molecule has 0 heterocycles. The van der Waals surface area contributed by atoms with Crippen molar-refractivity contribution >= 4 is 11.9 Å². The van der Waals surface area contributed by atoms with E-state index in [-0.39, 0.29) is 5.91 Å². The van der Waals surface area contributed by atoms with Crippen molar-refractivity contribution < 1.29 is 14.3 Å². The van der Waals surface area contributed by atoms with Crippen LogP contribution >= 0.6 is 0 Å². The number of rotatable bonds is 1. The van der Waals surface area contributed by atoms with Crippen LogP contribution in [0.2, 0.25) is 0 Å². The van der Waals surface area contributed by atoms with Crippen molar-refractivity contribution in [2.24, 2.45) is 0 Å².